The molecule has 0 unspecified atom stereocenters. The molecule has 4 heterocycles. The third-order valence-electron chi connectivity index (χ3n) is 6.22. The first kappa shape index (κ1) is 23.0. The Morgan fingerprint density at radius 1 is 1.20 bits per heavy atom. The van der Waals surface area contributed by atoms with E-state index in [4.69, 9.17) is 4.74 Å². The van der Waals surface area contributed by atoms with Gasteiger partial charge in [0.15, 0.2) is 0 Å². The normalized spacial score (nSPS) is 13.8. The second-order valence-electron chi connectivity index (χ2n) is 9.97. The number of rotatable bonds is 4. The lowest BCUT2D eigenvalue weighted by atomic mass is 10.0. The quantitative estimate of drug-likeness (QED) is 0.459. The van der Waals surface area contributed by atoms with Crippen LogP contribution < -0.4 is 5.32 Å². The molecule has 5 rings (SSSR count). The summed E-state index contributed by atoms with van der Waals surface area (Å²) in [7, 11) is 1.95. The highest BCUT2D eigenvalue weighted by Crippen LogP contribution is 2.33. The van der Waals surface area contributed by atoms with E-state index in [0.717, 1.165) is 45.8 Å². The van der Waals surface area contributed by atoms with Gasteiger partial charge >= 0.3 is 6.09 Å². The van der Waals surface area contributed by atoms with Crippen LogP contribution in [0.5, 0.6) is 0 Å². The molecule has 0 saturated carbocycles. The monoisotopic (exact) mass is 473 g/mol. The summed E-state index contributed by atoms with van der Waals surface area (Å²) in [5, 5.41) is 8.72. The van der Waals surface area contributed by atoms with Crippen LogP contribution in [0.1, 0.15) is 37.6 Å². The van der Waals surface area contributed by atoms with Crippen LogP contribution in [0.3, 0.4) is 0 Å². The van der Waals surface area contributed by atoms with Gasteiger partial charge < -0.3 is 19.9 Å². The number of carbonyl (C=O) groups excluding carboxylic acids is 1. The Labute approximate surface area is 204 Å². The largest absolute Gasteiger partial charge is 0.444 e. The highest BCUT2D eigenvalue weighted by atomic mass is 16.6. The molecular weight excluding hydrogens is 442 g/mol. The number of H-pyrrole nitrogens is 1. The predicted octanol–water partition coefficient (Wildman–Crippen LogP) is 4.27. The van der Waals surface area contributed by atoms with E-state index in [-0.39, 0.29) is 6.09 Å². The first-order valence-corrected chi connectivity index (χ1v) is 11.8. The molecule has 0 aliphatic carbocycles. The number of fused-ring (bicyclic) bond motifs is 2. The summed E-state index contributed by atoms with van der Waals surface area (Å²) >= 11 is 0. The van der Waals surface area contributed by atoms with Crippen LogP contribution in [0.15, 0.2) is 36.8 Å². The fraction of sp³-hybridized carbons (Fsp3) is 0.385. The lowest BCUT2D eigenvalue weighted by Gasteiger charge is -2.30. The van der Waals surface area contributed by atoms with Crippen LogP contribution in [-0.4, -0.2) is 54.9 Å². The summed E-state index contributed by atoms with van der Waals surface area (Å²) in [5.74, 6) is 0. The Balaban J connectivity index is 1.49. The van der Waals surface area contributed by atoms with E-state index in [1.807, 2.05) is 38.7 Å². The SMILES string of the molecule is CNCc1ccc(-c2ncnc3[nH]c(-c4cnn5c4CN(C(=O)OC(C)(C)C)CC5)cc23)cc1C. The zero-order chi connectivity index (χ0) is 24.7. The zero-order valence-corrected chi connectivity index (χ0v) is 20.8. The topological polar surface area (TPSA) is 101 Å². The van der Waals surface area contributed by atoms with E-state index in [1.54, 1.807) is 11.2 Å². The van der Waals surface area contributed by atoms with Gasteiger partial charge in [-0.2, -0.15) is 5.10 Å². The van der Waals surface area contributed by atoms with Gasteiger partial charge in [0.1, 0.15) is 17.6 Å². The molecule has 0 atom stereocenters. The second-order valence-corrected chi connectivity index (χ2v) is 9.97. The van der Waals surface area contributed by atoms with E-state index >= 15 is 0 Å². The molecule has 0 radical (unpaired) electrons. The van der Waals surface area contributed by atoms with Gasteiger partial charge in [-0.05, 0) is 58.0 Å². The fourth-order valence-electron chi connectivity index (χ4n) is 4.50. The summed E-state index contributed by atoms with van der Waals surface area (Å²) in [6, 6.07) is 8.49. The number of hydrogen-bond acceptors (Lipinski definition) is 6. The van der Waals surface area contributed by atoms with Crippen molar-refractivity contribution in [2.75, 3.05) is 13.6 Å². The van der Waals surface area contributed by atoms with E-state index in [0.29, 0.717) is 19.6 Å². The van der Waals surface area contributed by atoms with Crippen molar-refractivity contribution >= 4 is 17.1 Å². The van der Waals surface area contributed by atoms with E-state index in [2.05, 4.69) is 56.6 Å². The number of benzene rings is 1. The summed E-state index contributed by atoms with van der Waals surface area (Å²) in [4.78, 5) is 26.9. The van der Waals surface area contributed by atoms with Crippen LogP contribution in [0, 0.1) is 6.92 Å². The number of ether oxygens (including phenoxy) is 1. The lowest BCUT2D eigenvalue weighted by Crippen LogP contribution is -2.41. The van der Waals surface area contributed by atoms with Crippen molar-refractivity contribution in [3.8, 4) is 22.5 Å². The summed E-state index contributed by atoms with van der Waals surface area (Å²) in [6.45, 7) is 10.2. The van der Waals surface area contributed by atoms with Gasteiger partial charge in [-0.25, -0.2) is 14.8 Å². The minimum absolute atomic E-state index is 0.308. The molecular formula is C26H31N7O2. The predicted molar refractivity (Wildman–Crippen MR) is 135 cm³/mol. The minimum atomic E-state index is -0.534. The van der Waals surface area contributed by atoms with Crippen molar-refractivity contribution in [1.82, 2.24) is 34.9 Å². The number of hydrogen-bond donors (Lipinski definition) is 2. The molecule has 0 bridgehead atoms. The number of nitrogens with one attached hydrogen (secondary N) is 2. The van der Waals surface area contributed by atoms with E-state index < -0.39 is 5.60 Å². The smallest absolute Gasteiger partial charge is 0.410 e. The standard InChI is InChI=1S/C26H31N7O2/c1-16-10-17(6-7-18(16)12-27-5)23-19-11-21(31-24(19)29-15-28-23)20-13-30-33-9-8-32(14-22(20)33)25(34)35-26(2,3)4/h6-7,10-11,13,15,27H,8-9,12,14H2,1-5H3,(H,28,29,31). The molecule has 35 heavy (non-hydrogen) atoms. The molecule has 1 amide bonds. The maximum absolute atomic E-state index is 12.7. The Morgan fingerprint density at radius 3 is 2.77 bits per heavy atom. The Kier molecular flexibility index (Phi) is 5.80. The highest BCUT2D eigenvalue weighted by Gasteiger charge is 2.28. The zero-order valence-electron chi connectivity index (χ0n) is 20.8. The second kappa shape index (κ2) is 8.81. The average molecular weight is 474 g/mol. The summed E-state index contributed by atoms with van der Waals surface area (Å²) < 4.78 is 7.54. The van der Waals surface area contributed by atoms with Gasteiger partial charge in [0, 0.05) is 29.6 Å². The number of carbonyl (C=O) groups is 1. The molecule has 0 spiro atoms. The van der Waals surface area contributed by atoms with Crippen LogP contribution in [0.25, 0.3) is 33.5 Å². The third-order valence-corrected chi connectivity index (χ3v) is 6.22. The lowest BCUT2D eigenvalue weighted by molar-refractivity contribution is 0.0195. The summed E-state index contributed by atoms with van der Waals surface area (Å²) in [6.07, 6.45) is 3.13. The first-order chi connectivity index (χ1) is 16.7. The van der Waals surface area contributed by atoms with Gasteiger partial charge in [-0.1, -0.05) is 12.1 Å². The van der Waals surface area contributed by atoms with Crippen molar-refractivity contribution in [2.45, 2.75) is 52.9 Å². The van der Waals surface area contributed by atoms with Crippen molar-refractivity contribution in [1.29, 1.82) is 0 Å². The molecule has 4 aromatic rings. The fourth-order valence-corrected chi connectivity index (χ4v) is 4.50. The molecule has 1 aliphatic heterocycles. The van der Waals surface area contributed by atoms with Gasteiger partial charge in [-0.15, -0.1) is 0 Å². The third kappa shape index (κ3) is 4.51. The Hall–Kier alpha value is -3.72. The molecule has 1 aliphatic rings. The van der Waals surface area contributed by atoms with Gasteiger partial charge in [0.2, 0.25) is 0 Å². The summed E-state index contributed by atoms with van der Waals surface area (Å²) in [5.41, 5.74) is 7.46. The van der Waals surface area contributed by atoms with Crippen LogP contribution in [0.2, 0.25) is 0 Å². The van der Waals surface area contributed by atoms with Gasteiger partial charge in [0.05, 0.1) is 36.4 Å². The van der Waals surface area contributed by atoms with Crippen molar-refractivity contribution in [2.24, 2.45) is 0 Å². The Bertz CT molecular complexity index is 1400. The van der Waals surface area contributed by atoms with Crippen molar-refractivity contribution in [3.05, 3.63) is 53.6 Å². The maximum atomic E-state index is 12.7. The molecule has 182 valence electrons. The van der Waals surface area contributed by atoms with E-state index in [1.165, 1.54) is 11.1 Å². The molecule has 9 heteroatoms. The molecule has 1 aromatic carbocycles. The first-order valence-electron chi connectivity index (χ1n) is 11.8. The van der Waals surface area contributed by atoms with Crippen LogP contribution in [0.4, 0.5) is 4.79 Å². The van der Waals surface area contributed by atoms with Crippen LogP contribution in [-0.2, 0) is 24.4 Å². The van der Waals surface area contributed by atoms with Gasteiger partial charge in [-0.3, -0.25) is 4.68 Å². The maximum Gasteiger partial charge on any atom is 0.410 e. The Morgan fingerprint density at radius 2 is 2.03 bits per heavy atom. The molecule has 3 aromatic heterocycles. The van der Waals surface area contributed by atoms with E-state index in [9.17, 15) is 4.79 Å². The number of amides is 1. The van der Waals surface area contributed by atoms with Crippen molar-refractivity contribution in [3.63, 3.8) is 0 Å². The number of nitrogens with zero attached hydrogens (tertiary/aromatic N) is 5. The highest BCUT2D eigenvalue weighted by molar-refractivity contribution is 5.94. The number of aryl methyl sites for hydroxylation is 1. The number of aromatic amines is 1. The minimum Gasteiger partial charge on any atom is -0.444 e. The van der Waals surface area contributed by atoms with Gasteiger partial charge in [0.25, 0.3) is 0 Å². The van der Waals surface area contributed by atoms with Crippen molar-refractivity contribution < 1.29 is 9.53 Å². The average Bonchev–Trinajstić information content (AvgIpc) is 3.42. The molecule has 0 saturated heterocycles. The number of aromatic nitrogens is 5. The molecule has 2 N–H and O–H groups in total. The molecule has 0 fully saturated rings. The molecule has 9 nitrogen and oxygen atoms in total. The van der Waals surface area contributed by atoms with Crippen LogP contribution >= 0.6 is 0 Å².